The molecule has 0 saturated heterocycles. The SMILES string of the molecule is CCC(CO)NC(=O)C(Cc1ccc(OCc2ccccc2)cc1)NC(=O)[CH]CC(C)C(N)=O. The molecule has 0 fully saturated rings. The summed E-state index contributed by atoms with van der Waals surface area (Å²) < 4.78 is 5.80. The first-order valence-corrected chi connectivity index (χ1v) is 11.4. The molecule has 0 aliphatic heterocycles. The van der Waals surface area contributed by atoms with Crippen molar-refractivity contribution in [1.29, 1.82) is 0 Å². The average Bonchev–Trinajstić information content (AvgIpc) is 2.85. The van der Waals surface area contributed by atoms with E-state index in [1.165, 1.54) is 6.42 Å². The largest absolute Gasteiger partial charge is 0.489 e. The van der Waals surface area contributed by atoms with Gasteiger partial charge < -0.3 is 26.2 Å². The van der Waals surface area contributed by atoms with E-state index in [4.69, 9.17) is 10.5 Å². The first-order chi connectivity index (χ1) is 16.3. The van der Waals surface area contributed by atoms with Crippen LogP contribution >= 0.6 is 0 Å². The van der Waals surface area contributed by atoms with E-state index >= 15 is 0 Å². The van der Waals surface area contributed by atoms with Crippen LogP contribution < -0.4 is 21.1 Å². The zero-order valence-corrected chi connectivity index (χ0v) is 19.7. The van der Waals surface area contributed by atoms with Crippen molar-refractivity contribution in [3.8, 4) is 5.75 Å². The number of nitrogens with one attached hydrogen (secondary N) is 2. The summed E-state index contributed by atoms with van der Waals surface area (Å²) in [6.45, 7) is 3.73. The minimum absolute atomic E-state index is 0.178. The Balaban J connectivity index is 2.02. The van der Waals surface area contributed by atoms with Gasteiger partial charge in [0.05, 0.1) is 19.1 Å². The van der Waals surface area contributed by atoms with Crippen LogP contribution in [0.5, 0.6) is 5.75 Å². The van der Waals surface area contributed by atoms with Crippen molar-refractivity contribution < 1.29 is 24.2 Å². The Bertz CT molecular complexity index is 914. The van der Waals surface area contributed by atoms with E-state index in [0.717, 1.165) is 11.1 Å². The second-order valence-electron chi connectivity index (χ2n) is 8.22. The topological polar surface area (TPSA) is 131 Å². The molecule has 0 aromatic heterocycles. The predicted molar refractivity (Wildman–Crippen MR) is 129 cm³/mol. The molecule has 0 aliphatic rings. The highest BCUT2D eigenvalue weighted by molar-refractivity contribution is 5.92. The highest BCUT2D eigenvalue weighted by atomic mass is 16.5. The van der Waals surface area contributed by atoms with Gasteiger partial charge in [-0.3, -0.25) is 14.4 Å². The maximum absolute atomic E-state index is 12.8. The normalized spacial score (nSPS) is 13.4. The van der Waals surface area contributed by atoms with Gasteiger partial charge in [0, 0.05) is 12.3 Å². The summed E-state index contributed by atoms with van der Waals surface area (Å²) in [5.74, 6) is -1.15. The lowest BCUT2D eigenvalue weighted by Gasteiger charge is -2.22. The van der Waals surface area contributed by atoms with Crippen LogP contribution in [0.1, 0.15) is 37.8 Å². The number of amides is 3. The first kappa shape index (κ1) is 26.9. The number of aliphatic hydroxyl groups is 1. The Morgan fingerprint density at radius 2 is 1.71 bits per heavy atom. The van der Waals surface area contributed by atoms with E-state index in [2.05, 4.69) is 10.6 Å². The van der Waals surface area contributed by atoms with E-state index < -0.39 is 35.7 Å². The maximum Gasteiger partial charge on any atom is 0.243 e. The molecule has 1 radical (unpaired) electrons. The summed E-state index contributed by atoms with van der Waals surface area (Å²) in [6.07, 6.45) is 2.30. The Morgan fingerprint density at radius 1 is 1.03 bits per heavy atom. The second-order valence-corrected chi connectivity index (χ2v) is 8.22. The van der Waals surface area contributed by atoms with Gasteiger partial charge in [0.2, 0.25) is 17.7 Å². The molecule has 0 spiro atoms. The van der Waals surface area contributed by atoms with Gasteiger partial charge in [-0.1, -0.05) is 56.3 Å². The van der Waals surface area contributed by atoms with Gasteiger partial charge in [0.1, 0.15) is 18.4 Å². The lowest BCUT2D eigenvalue weighted by molar-refractivity contribution is -0.128. The molecule has 0 saturated carbocycles. The van der Waals surface area contributed by atoms with Gasteiger partial charge in [-0.15, -0.1) is 0 Å². The number of rotatable bonds is 14. The number of hydrogen-bond donors (Lipinski definition) is 4. The minimum atomic E-state index is -0.857. The van der Waals surface area contributed by atoms with Crippen LogP contribution in [0.25, 0.3) is 0 Å². The average molecular weight is 469 g/mol. The molecular formula is C26H34N3O5. The predicted octanol–water partition coefficient (Wildman–Crippen LogP) is 1.90. The molecule has 3 atom stereocenters. The van der Waals surface area contributed by atoms with Crippen molar-refractivity contribution >= 4 is 17.7 Å². The molecule has 183 valence electrons. The fraction of sp³-hybridized carbons (Fsp3) is 0.385. The summed E-state index contributed by atoms with van der Waals surface area (Å²) in [4.78, 5) is 36.4. The molecule has 2 aromatic carbocycles. The molecule has 0 bridgehead atoms. The van der Waals surface area contributed by atoms with Crippen molar-refractivity contribution in [3.05, 3.63) is 72.1 Å². The first-order valence-electron chi connectivity index (χ1n) is 11.4. The second kappa shape index (κ2) is 14.0. The van der Waals surface area contributed by atoms with Crippen molar-refractivity contribution in [2.75, 3.05) is 6.61 Å². The zero-order valence-electron chi connectivity index (χ0n) is 19.7. The third-order valence-electron chi connectivity index (χ3n) is 5.45. The molecule has 2 aromatic rings. The van der Waals surface area contributed by atoms with Crippen LogP contribution in [0.3, 0.4) is 0 Å². The van der Waals surface area contributed by atoms with E-state index in [0.29, 0.717) is 18.8 Å². The smallest absolute Gasteiger partial charge is 0.243 e. The van der Waals surface area contributed by atoms with E-state index in [9.17, 15) is 19.5 Å². The van der Waals surface area contributed by atoms with Crippen LogP contribution in [0.2, 0.25) is 0 Å². The van der Waals surface area contributed by atoms with Gasteiger partial charge >= 0.3 is 0 Å². The summed E-state index contributed by atoms with van der Waals surface area (Å²) in [6, 6.07) is 15.9. The van der Waals surface area contributed by atoms with Crippen LogP contribution in [-0.4, -0.2) is 41.5 Å². The summed E-state index contributed by atoms with van der Waals surface area (Å²) in [7, 11) is 0. The monoisotopic (exact) mass is 468 g/mol. The van der Waals surface area contributed by atoms with Crippen molar-refractivity contribution in [2.24, 2.45) is 11.7 Å². The number of hydrogen-bond acceptors (Lipinski definition) is 5. The molecule has 0 aliphatic carbocycles. The van der Waals surface area contributed by atoms with E-state index in [-0.39, 0.29) is 19.4 Å². The van der Waals surface area contributed by atoms with Gasteiger partial charge in [-0.05, 0) is 36.1 Å². The third-order valence-corrected chi connectivity index (χ3v) is 5.45. The molecule has 0 heterocycles. The Hall–Kier alpha value is -3.39. The Labute approximate surface area is 200 Å². The third kappa shape index (κ3) is 9.23. The number of primary amides is 1. The van der Waals surface area contributed by atoms with Crippen LogP contribution in [-0.2, 0) is 27.4 Å². The van der Waals surface area contributed by atoms with Gasteiger partial charge in [-0.2, -0.15) is 0 Å². The number of aliphatic hydroxyl groups excluding tert-OH is 1. The lowest BCUT2D eigenvalue weighted by atomic mass is 10.0. The number of nitrogens with two attached hydrogens (primary N) is 1. The van der Waals surface area contributed by atoms with Crippen molar-refractivity contribution in [1.82, 2.24) is 10.6 Å². The zero-order chi connectivity index (χ0) is 24.9. The lowest BCUT2D eigenvalue weighted by Crippen LogP contribution is -2.51. The number of carbonyl (C=O) groups is 3. The Kier molecular flexibility index (Phi) is 11.1. The Morgan fingerprint density at radius 3 is 2.29 bits per heavy atom. The standard InChI is InChI=1S/C26H34N3O5/c1-3-21(16-30)28-26(33)23(29-24(31)14-9-18(2)25(27)32)15-19-10-12-22(13-11-19)34-17-20-7-5-4-6-8-20/h4-8,10-14,18,21,23,30H,3,9,15-17H2,1-2H3,(H2,27,32)(H,28,33)(H,29,31). The molecule has 8 heteroatoms. The molecule has 8 nitrogen and oxygen atoms in total. The summed E-state index contributed by atoms with van der Waals surface area (Å²) >= 11 is 0. The molecule has 3 unspecified atom stereocenters. The van der Waals surface area contributed by atoms with Crippen LogP contribution in [0.15, 0.2) is 54.6 Å². The van der Waals surface area contributed by atoms with Crippen LogP contribution in [0.4, 0.5) is 0 Å². The number of ether oxygens (including phenoxy) is 1. The fourth-order valence-corrected chi connectivity index (χ4v) is 3.12. The minimum Gasteiger partial charge on any atom is -0.489 e. The molecular weight excluding hydrogens is 434 g/mol. The van der Waals surface area contributed by atoms with Gasteiger partial charge in [0.25, 0.3) is 0 Å². The van der Waals surface area contributed by atoms with Crippen LogP contribution in [0, 0.1) is 12.3 Å². The summed E-state index contributed by atoms with van der Waals surface area (Å²) in [5, 5.41) is 14.9. The van der Waals surface area contributed by atoms with Gasteiger partial charge in [0.15, 0.2) is 0 Å². The van der Waals surface area contributed by atoms with Gasteiger partial charge in [-0.25, -0.2) is 0 Å². The molecule has 2 rings (SSSR count). The van der Waals surface area contributed by atoms with Crippen molar-refractivity contribution in [3.63, 3.8) is 0 Å². The van der Waals surface area contributed by atoms with Crippen molar-refractivity contribution in [2.45, 2.75) is 51.8 Å². The molecule has 3 amide bonds. The van der Waals surface area contributed by atoms with E-state index in [1.54, 1.807) is 6.92 Å². The quantitative estimate of drug-likeness (QED) is 0.336. The highest BCUT2D eigenvalue weighted by Crippen LogP contribution is 2.16. The number of benzene rings is 2. The molecule has 5 N–H and O–H groups in total. The maximum atomic E-state index is 12.8. The fourth-order valence-electron chi connectivity index (χ4n) is 3.12. The van der Waals surface area contributed by atoms with E-state index in [1.807, 2.05) is 61.5 Å². The highest BCUT2D eigenvalue weighted by Gasteiger charge is 2.24. The molecule has 34 heavy (non-hydrogen) atoms. The number of carbonyl (C=O) groups excluding carboxylic acids is 3. The summed E-state index contributed by atoms with van der Waals surface area (Å²) in [5.41, 5.74) is 7.12.